The number of rotatable bonds is 4. The van der Waals surface area contributed by atoms with E-state index in [1.807, 2.05) is 27.7 Å². The summed E-state index contributed by atoms with van der Waals surface area (Å²) in [5, 5.41) is 16.9. The number of anilines is 1. The highest BCUT2D eigenvalue weighted by atomic mass is 16.3. The number of aromatic nitrogens is 4. The van der Waals surface area contributed by atoms with Crippen molar-refractivity contribution in [3.8, 4) is 0 Å². The first-order valence-corrected chi connectivity index (χ1v) is 6.72. The normalized spacial score (nSPS) is 13.7. The van der Waals surface area contributed by atoms with Gasteiger partial charge in [0.15, 0.2) is 5.65 Å². The molecule has 0 aliphatic rings. The van der Waals surface area contributed by atoms with Gasteiger partial charge in [-0.3, -0.25) is 9.78 Å². The van der Waals surface area contributed by atoms with E-state index in [-0.39, 0.29) is 23.7 Å². The van der Waals surface area contributed by atoms with E-state index >= 15 is 0 Å². The number of nitrogens with one attached hydrogen (secondary N) is 2. The number of nitrogens with zero attached hydrogens (tertiary/aromatic N) is 3. The summed E-state index contributed by atoms with van der Waals surface area (Å²) in [4.78, 5) is 19.1. The van der Waals surface area contributed by atoms with Gasteiger partial charge in [0, 0.05) is 0 Å². The van der Waals surface area contributed by atoms with E-state index in [9.17, 15) is 9.90 Å². The van der Waals surface area contributed by atoms with Gasteiger partial charge in [-0.1, -0.05) is 6.92 Å². The summed E-state index contributed by atoms with van der Waals surface area (Å²) in [5.41, 5.74) is 0.0401. The maximum atomic E-state index is 12.0. The van der Waals surface area contributed by atoms with Crippen molar-refractivity contribution in [1.29, 1.82) is 0 Å². The fraction of sp³-hybridized carbons (Fsp3) is 0.615. The van der Waals surface area contributed by atoms with Crippen molar-refractivity contribution >= 4 is 17.0 Å². The Labute approximate surface area is 117 Å². The van der Waals surface area contributed by atoms with Gasteiger partial charge in [-0.05, 0) is 27.2 Å². The zero-order valence-corrected chi connectivity index (χ0v) is 12.3. The number of hydrogen-bond acceptors (Lipinski definition) is 5. The molecule has 7 heteroatoms. The standard InChI is InChI=1S/C13H21N5O2/c1-5-8(7-19)15-12-16-10-9(11(20)17-12)6-14-18(10)13(2,3)4/h6,8,19H,5,7H2,1-4H3,(H2,15,16,17,20)/t8-/m0/s1. The minimum atomic E-state index is -0.263. The van der Waals surface area contributed by atoms with Gasteiger partial charge in [0.05, 0.1) is 24.4 Å². The zero-order valence-electron chi connectivity index (χ0n) is 12.3. The number of hydrogen-bond donors (Lipinski definition) is 3. The van der Waals surface area contributed by atoms with E-state index in [1.54, 1.807) is 4.68 Å². The molecule has 2 aromatic rings. The van der Waals surface area contributed by atoms with Crippen LogP contribution < -0.4 is 10.9 Å². The largest absolute Gasteiger partial charge is 0.394 e. The highest BCUT2D eigenvalue weighted by molar-refractivity contribution is 5.74. The molecule has 0 spiro atoms. The summed E-state index contributed by atoms with van der Waals surface area (Å²) < 4.78 is 1.72. The summed E-state index contributed by atoms with van der Waals surface area (Å²) in [6.07, 6.45) is 2.26. The van der Waals surface area contributed by atoms with Crippen molar-refractivity contribution in [1.82, 2.24) is 19.7 Å². The third-order valence-corrected chi connectivity index (χ3v) is 3.13. The first kappa shape index (κ1) is 14.5. The van der Waals surface area contributed by atoms with E-state index in [2.05, 4.69) is 20.4 Å². The van der Waals surface area contributed by atoms with Crippen LogP contribution in [0.4, 0.5) is 5.95 Å². The van der Waals surface area contributed by atoms with Crippen LogP contribution in [-0.4, -0.2) is 37.5 Å². The third kappa shape index (κ3) is 2.67. The first-order valence-electron chi connectivity index (χ1n) is 6.72. The maximum absolute atomic E-state index is 12.0. The number of aliphatic hydroxyl groups excluding tert-OH is 1. The van der Waals surface area contributed by atoms with Gasteiger partial charge in [-0.2, -0.15) is 10.1 Å². The number of H-pyrrole nitrogens is 1. The van der Waals surface area contributed by atoms with Gasteiger partial charge in [0.1, 0.15) is 5.39 Å². The Bertz CT molecular complexity index is 649. The molecule has 2 rings (SSSR count). The molecule has 2 heterocycles. The van der Waals surface area contributed by atoms with Gasteiger partial charge in [-0.15, -0.1) is 0 Å². The highest BCUT2D eigenvalue weighted by Crippen LogP contribution is 2.18. The zero-order chi connectivity index (χ0) is 14.9. The van der Waals surface area contributed by atoms with Gasteiger partial charge in [-0.25, -0.2) is 4.68 Å². The minimum absolute atomic E-state index is 0.0171. The molecule has 7 nitrogen and oxygen atoms in total. The molecule has 0 saturated carbocycles. The van der Waals surface area contributed by atoms with E-state index in [0.29, 0.717) is 17.0 Å². The summed E-state index contributed by atoms with van der Waals surface area (Å²) in [6.45, 7) is 7.93. The number of aromatic amines is 1. The fourth-order valence-corrected chi connectivity index (χ4v) is 1.95. The lowest BCUT2D eigenvalue weighted by Crippen LogP contribution is -2.27. The fourth-order valence-electron chi connectivity index (χ4n) is 1.95. The van der Waals surface area contributed by atoms with Crippen LogP contribution in [0, 0.1) is 0 Å². The Morgan fingerprint density at radius 1 is 1.50 bits per heavy atom. The molecule has 0 unspecified atom stereocenters. The molecule has 0 aliphatic heterocycles. The first-order chi connectivity index (χ1) is 9.36. The second kappa shape index (κ2) is 5.24. The van der Waals surface area contributed by atoms with E-state index in [4.69, 9.17) is 0 Å². The van der Waals surface area contributed by atoms with E-state index in [0.717, 1.165) is 6.42 Å². The molecule has 0 radical (unpaired) electrons. The van der Waals surface area contributed by atoms with Crippen LogP contribution in [0.25, 0.3) is 11.0 Å². The maximum Gasteiger partial charge on any atom is 0.263 e. The number of aliphatic hydroxyl groups is 1. The second-order valence-corrected chi connectivity index (χ2v) is 5.81. The van der Waals surface area contributed by atoms with Crippen LogP contribution >= 0.6 is 0 Å². The van der Waals surface area contributed by atoms with E-state index in [1.165, 1.54) is 6.20 Å². The van der Waals surface area contributed by atoms with Gasteiger partial charge in [0.2, 0.25) is 5.95 Å². The lowest BCUT2D eigenvalue weighted by Gasteiger charge is -2.20. The van der Waals surface area contributed by atoms with Crippen molar-refractivity contribution < 1.29 is 5.11 Å². The minimum Gasteiger partial charge on any atom is -0.394 e. The average molecular weight is 279 g/mol. The van der Waals surface area contributed by atoms with Crippen LogP contribution in [0.15, 0.2) is 11.0 Å². The average Bonchev–Trinajstić information content (AvgIpc) is 2.80. The Morgan fingerprint density at radius 3 is 2.75 bits per heavy atom. The van der Waals surface area contributed by atoms with Crippen molar-refractivity contribution in [3.63, 3.8) is 0 Å². The van der Waals surface area contributed by atoms with Crippen molar-refractivity contribution in [3.05, 3.63) is 16.6 Å². The molecule has 0 fully saturated rings. The molecule has 110 valence electrons. The second-order valence-electron chi connectivity index (χ2n) is 5.81. The van der Waals surface area contributed by atoms with Gasteiger partial charge >= 0.3 is 0 Å². The lowest BCUT2D eigenvalue weighted by atomic mass is 10.1. The van der Waals surface area contributed by atoms with Crippen LogP contribution in [-0.2, 0) is 5.54 Å². The quantitative estimate of drug-likeness (QED) is 0.777. The molecule has 0 bridgehead atoms. The molecule has 20 heavy (non-hydrogen) atoms. The summed E-state index contributed by atoms with van der Waals surface area (Å²) in [5.74, 6) is 0.356. The SMILES string of the molecule is CC[C@@H](CO)Nc1nc2c(cnn2C(C)(C)C)c(=O)[nH]1. The van der Waals surface area contributed by atoms with Crippen LogP contribution in [0.5, 0.6) is 0 Å². The summed E-state index contributed by atoms with van der Waals surface area (Å²) >= 11 is 0. The van der Waals surface area contributed by atoms with Gasteiger partial charge in [0.25, 0.3) is 5.56 Å². The summed E-state index contributed by atoms with van der Waals surface area (Å²) in [6, 6.07) is -0.137. The molecular weight excluding hydrogens is 258 g/mol. The molecule has 3 N–H and O–H groups in total. The Balaban J connectivity index is 2.52. The number of fused-ring (bicyclic) bond motifs is 1. The third-order valence-electron chi connectivity index (χ3n) is 3.13. The molecule has 0 aliphatic carbocycles. The predicted molar refractivity (Wildman–Crippen MR) is 77.9 cm³/mol. The predicted octanol–water partition coefficient (Wildman–Crippen LogP) is 1.06. The summed E-state index contributed by atoms with van der Waals surface area (Å²) in [7, 11) is 0. The molecule has 0 aromatic carbocycles. The van der Waals surface area contributed by atoms with E-state index < -0.39 is 0 Å². The van der Waals surface area contributed by atoms with Crippen LogP contribution in [0.3, 0.4) is 0 Å². The molecule has 0 saturated heterocycles. The lowest BCUT2D eigenvalue weighted by molar-refractivity contribution is 0.271. The Morgan fingerprint density at radius 2 is 2.20 bits per heavy atom. The molecular formula is C13H21N5O2. The molecule has 0 amide bonds. The van der Waals surface area contributed by atoms with Crippen molar-refractivity contribution in [2.24, 2.45) is 0 Å². The Kier molecular flexibility index (Phi) is 3.80. The molecule has 2 aromatic heterocycles. The highest BCUT2D eigenvalue weighted by Gasteiger charge is 2.20. The van der Waals surface area contributed by atoms with Gasteiger partial charge < -0.3 is 10.4 Å². The molecule has 1 atom stereocenters. The van der Waals surface area contributed by atoms with Crippen LogP contribution in [0.2, 0.25) is 0 Å². The van der Waals surface area contributed by atoms with Crippen molar-refractivity contribution in [2.45, 2.75) is 45.7 Å². The Hall–Kier alpha value is -1.89. The topological polar surface area (TPSA) is 95.8 Å². The van der Waals surface area contributed by atoms with Crippen LogP contribution in [0.1, 0.15) is 34.1 Å². The smallest absolute Gasteiger partial charge is 0.263 e. The monoisotopic (exact) mass is 279 g/mol. The van der Waals surface area contributed by atoms with Crippen molar-refractivity contribution in [2.75, 3.05) is 11.9 Å².